The molecule has 0 aliphatic rings. The van der Waals surface area contributed by atoms with Crippen molar-refractivity contribution < 1.29 is 14.6 Å². The lowest BCUT2D eigenvalue weighted by atomic mass is 10.2. The van der Waals surface area contributed by atoms with E-state index in [0.29, 0.717) is 17.7 Å². The highest BCUT2D eigenvalue weighted by atomic mass is 16.5. The van der Waals surface area contributed by atoms with Gasteiger partial charge in [-0.2, -0.15) is 0 Å². The quantitative estimate of drug-likeness (QED) is 0.757. The zero-order valence-corrected chi connectivity index (χ0v) is 8.64. The number of aliphatic hydroxyl groups excluding tert-OH is 1. The molecule has 82 valence electrons. The van der Waals surface area contributed by atoms with Gasteiger partial charge in [-0.05, 0) is 24.6 Å². The largest absolute Gasteiger partial charge is 0.491 e. The normalized spacial score (nSPS) is 12.1. The second kappa shape index (κ2) is 5.36. The Bertz CT molecular complexity index is 338. The molecule has 0 spiro atoms. The molecule has 4 nitrogen and oxygen atoms in total. The third-order valence-electron chi connectivity index (χ3n) is 2.03. The van der Waals surface area contributed by atoms with Gasteiger partial charge in [0.1, 0.15) is 12.4 Å². The predicted octanol–water partition coefficient (Wildman–Crippen LogP) is 0.935. The molecule has 15 heavy (non-hydrogen) atoms. The molecule has 0 aliphatic carbocycles. The molecule has 0 unspecified atom stereocenters. The first-order chi connectivity index (χ1) is 7.13. The number of benzene rings is 1. The summed E-state index contributed by atoms with van der Waals surface area (Å²) in [5, 5.41) is 9.28. The van der Waals surface area contributed by atoms with Crippen LogP contribution in [0.2, 0.25) is 0 Å². The fraction of sp³-hybridized carbons (Fsp3) is 0.364. The van der Waals surface area contributed by atoms with Crippen LogP contribution in [0, 0.1) is 0 Å². The Labute approximate surface area is 88.7 Å². The molecule has 3 N–H and O–H groups in total. The van der Waals surface area contributed by atoms with Crippen LogP contribution in [-0.2, 0) is 0 Å². The number of aliphatic hydroxyl groups is 1. The van der Waals surface area contributed by atoms with Crippen molar-refractivity contribution in [3.63, 3.8) is 0 Å². The molecular formula is C11H15NO3. The zero-order chi connectivity index (χ0) is 11.3. The highest BCUT2D eigenvalue weighted by molar-refractivity contribution is 5.93. The Morgan fingerprint density at radius 2 is 2.33 bits per heavy atom. The summed E-state index contributed by atoms with van der Waals surface area (Å²) in [4.78, 5) is 10.9. The van der Waals surface area contributed by atoms with Crippen molar-refractivity contribution in [2.75, 3.05) is 6.61 Å². The van der Waals surface area contributed by atoms with Crippen LogP contribution in [0.3, 0.4) is 0 Å². The number of carbonyl (C=O) groups is 1. The van der Waals surface area contributed by atoms with E-state index in [1.165, 1.54) is 0 Å². The first-order valence-electron chi connectivity index (χ1n) is 4.84. The monoisotopic (exact) mass is 209 g/mol. The van der Waals surface area contributed by atoms with Gasteiger partial charge >= 0.3 is 0 Å². The van der Waals surface area contributed by atoms with Crippen LogP contribution in [0.5, 0.6) is 5.75 Å². The Morgan fingerprint density at radius 3 is 2.93 bits per heavy atom. The van der Waals surface area contributed by atoms with E-state index in [4.69, 9.17) is 10.5 Å². The third kappa shape index (κ3) is 3.59. The van der Waals surface area contributed by atoms with Gasteiger partial charge in [0.05, 0.1) is 6.10 Å². The van der Waals surface area contributed by atoms with Crippen molar-refractivity contribution in [1.29, 1.82) is 0 Å². The molecule has 0 saturated carbocycles. The summed E-state index contributed by atoms with van der Waals surface area (Å²) in [7, 11) is 0. The molecule has 0 aliphatic heterocycles. The molecule has 1 amide bonds. The van der Waals surface area contributed by atoms with Crippen molar-refractivity contribution in [3.8, 4) is 5.75 Å². The maximum absolute atomic E-state index is 10.9. The van der Waals surface area contributed by atoms with Gasteiger partial charge in [-0.1, -0.05) is 13.0 Å². The van der Waals surface area contributed by atoms with E-state index < -0.39 is 12.0 Å². The average Bonchev–Trinajstić information content (AvgIpc) is 2.26. The topological polar surface area (TPSA) is 72.6 Å². The van der Waals surface area contributed by atoms with Crippen LogP contribution in [-0.4, -0.2) is 23.7 Å². The van der Waals surface area contributed by atoms with E-state index in [0.717, 1.165) is 0 Å². The van der Waals surface area contributed by atoms with Crippen molar-refractivity contribution >= 4 is 5.91 Å². The summed E-state index contributed by atoms with van der Waals surface area (Å²) < 4.78 is 5.29. The number of primary amides is 1. The second-order valence-corrected chi connectivity index (χ2v) is 3.27. The molecule has 1 atom stereocenters. The maximum Gasteiger partial charge on any atom is 0.248 e. The lowest BCUT2D eigenvalue weighted by Gasteiger charge is -2.10. The number of amides is 1. The van der Waals surface area contributed by atoms with Crippen molar-refractivity contribution in [3.05, 3.63) is 29.8 Å². The molecule has 4 heteroatoms. The molecule has 0 bridgehead atoms. The lowest BCUT2D eigenvalue weighted by molar-refractivity contribution is 0.0996. The SMILES string of the molecule is CC[C@H](O)COc1cccc(C(N)=O)c1. The summed E-state index contributed by atoms with van der Waals surface area (Å²) in [6.45, 7) is 2.09. The van der Waals surface area contributed by atoms with Crippen LogP contribution < -0.4 is 10.5 Å². The van der Waals surface area contributed by atoms with Gasteiger partial charge in [-0.15, -0.1) is 0 Å². The van der Waals surface area contributed by atoms with Crippen molar-refractivity contribution in [2.24, 2.45) is 5.73 Å². The number of rotatable bonds is 5. The molecule has 0 aromatic heterocycles. The highest BCUT2D eigenvalue weighted by Gasteiger charge is 2.04. The molecule has 1 aromatic carbocycles. The van der Waals surface area contributed by atoms with Gasteiger partial charge in [0.2, 0.25) is 5.91 Å². The van der Waals surface area contributed by atoms with Gasteiger partial charge in [0.15, 0.2) is 0 Å². The van der Waals surface area contributed by atoms with E-state index >= 15 is 0 Å². The first-order valence-corrected chi connectivity index (χ1v) is 4.84. The molecule has 1 rings (SSSR count). The average molecular weight is 209 g/mol. The van der Waals surface area contributed by atoms with E-state index in [1.807, 2.05) is 6.92 Å². The number of carbonyl (C=O) groups excluding carboxylic acids is 1. The van der Waals surface area contributed by atoms with Crippen LogP contribution in [0.1, 0.15) is 23.7 Å². The minimum atomic E-state index is -0.489. The van der Waals surface area contributed by atoms with E-state index in [2.05, 4.69) is 0 Å². The van der Waals surface area contributed by atoms with Gasteiger partial charge in [-0.3, -0.25) is 4.79 Å². The molecule has 1 aromatic rings. The van der Waals surface area contributed by atoms with Crippen LogP contribution in [0.4, 0.5) is 0 Å². The van der Waals surface area contributed by atoms with Gasteiger partial charge < -0.3 is 15.6 Å². The molecule has 0 fully saturated rings. The van der Waals surface area contributed by atoms with Crippen LogP contribution in [0.25, 0.3) is 0 Å². The molecule has 0 saturated heterocycles. The number of hydrogen-bond donors (Lipinski definition) is 2. The summed E-state index contributed by atoms with van der Waals surface area (Å²) in [6, 6.07) is 6.58. The van der Waals surface area contributed by atoms with Crippen molar-refractivity contribution in [2.45, 2.75) is 19.4 Å². The number of nitrogens with two attached hydrogens (primary N) is 1. The van der Waals surface area contributed by atoms with Gasteiger partial charge in [0.25, 0.3) is 0 Å². The molecular weight excluding hydrogens is 194 g/mol. The molecule has 0 radical (unpaired) electrons. The number of ether oxygens (including phenoxy) is 1. The van der Waals surface area contributed by atoms with E-state index in [9.17, 15) is 9.90 Å². The molecule has 0 heterocycles. The summed E-state index contributed by atoms with van der Waals surface area (Å²) >= 11 is 0. The van der Waals surface area contributed by atoms with Crippen molar-refractivity contribution in [1.82, 2.24) is 0 Å². The maximum atomic E-state index is 10.9. The standard InChI is InChI=1S/C11H15NO3/c1-2-9(13)7-15-10-5-3-4-8(6-10)11(12)14/h3-6,9,13H,2,7H2,1H3,(H2,12,14)/t9-/m0/s1. The third-order valence-corrected chi connectivity index (χ3v) is 2.03. The summed E-state index contributed by atoms with van der Waals surface area (Å²) in [5.41, 5.74) is 5.52. The van der Waals surface area contributed by atoms with Crippen LogP contribution in [0.15, 0.2) is 24.3 Å². The van der Waals surface area contributed by atoms with Gasteiger partial charge in [-0.25, -0.2) is 0 Å². The Kier molecular flexibility index (Phi) is 4.12. The second-order valence-electron chi connectivity index (χ2n) is 3.27. The predicted molar refractivity (Wildman–Crippen MR) is 56.8 cm³/mol. The smallest absolute Gasteiger partial charge is 0.248 e. The number of hydrogen-bond acceptors (Lipinski definition) is 3. The Balaban J connectivity index is 2.62. The fourth-order valence-electron chi connectivity index (χ4n) is 1.05. The highest BCUT2D eigenvalue weighted by Crippen LogP contribution is 2.13. The zero-order valence-electron chi connectivity index (χ0n) is 8.64. The minimum absolute atomic E-state index is 0.221. The fourth-order valence-corrected chi connectivity index (χ4v) is 1.05. The minimum Gasteiger partial charge on any atom is -0.491 e. The Hall–Kier alpha value is -1.55. The Morgan fingerprint density at radius 1 is 1.60 bits per heavy atom. The van der Waals surface area contributed by atoms with Crippen LogP contribution >= 0.6 is 0 Å². The van der Waals surface area contributed by atoms with Gasteiger partial charge in [0, 0.05) is 5.56 Å². The lowest BCUT2D eigenvalue weighted by Crippen LogP contribution is -2.16. The first kappa shape index (κ1) is 11.5. The summed E-state index contributed by atoms with van der Waals surface area (Å²) in [5.74, 6) is 0.0512. The summed E-state index contributed by atoms with van der Waals surface area (Å²) in [6.07, 6.45) is 0.150. The van der Waals surface area contributed by atoms with E-state index in [1.54, 1.807) is 24.3 Å². The van der Waals surface area contributed by atoms with E-state index in [-0.39, 0.29) is 6.61 Å².